The molecule has 0 fully saturated rings. The summed E-state index contributed by atoms with van der Waals surface area (Å²) in [6.07, 6.45) is 0. The van der Waals surface area contributed by atoms with E-state index in [9.17, 15) is 4.79 Å². The largest absolute Gasteiger partial charge is 0.325 e. The average molecular weight is 332 g/mol. The molecule has 1 unspecified atom stereocenters. The second kappa shape index (κ2) is 7.49. The number of anilines is 1. The molecule has 1 amide bonds. The minimum Gasteiger partial charge on any atom is -0.325 e. The molecule has 25 heavy (non-hydrogen) atoms. The molecule has 0 aliphatic carbocycles. The van der Waals surface area contributed by atoms with Crippen molar-refractivity contribution in [2.45, 2.75) is 26.4 Å². The zero-order chi connectivity index (χ0) is 17.8. The number of hydrogen-bond donors (Lipinski definition) is 1. The van der Waals surface area contributed by atoms with Crippen LogP contribution in [-0.2, 0) is 11.3 Å². The summed E-state index contributed by atoms with van der Waals surface area (Å²) in [5.41, 5.74) is 3.33. The van der Waals surface area contributed by atoms with E-state index >= 15 is 0 Å². The number of benzene rings is 3. The smallest absolute Gasteiger partial charge is 0.241 e. The van der Waals surface area contributed by atoms with Gasteiger partial charge in [-0.15, -0.1) is 0 Å². The molecule has 0 aromatic heterocycles. The summed E-state index contributed by atoms with van der Waals surface area (Å²) >= 11 is 0. The first-order valence-corrected chi connectivity index (χ1v) is 8.59. The Bertz CT molecular complexity index is 888. The number of hydrogen-bond acceptors (Lipinski definition) is 2. The van der Waals surface area contributed by atoms with Crippen LogP contribution in [0.15, 0.2) is 66.7 Å². The fourth-order valence-corrected chi connectivity index (χ4v) is 2.91. The zero-order valence-electron chi connectivity index (χ0n) is 15.0. The van der Waals surface area contributed by atoms with Crippen LogP contribution in [0.2, 0.25) is 0 Å². The second-order valence-corrected chi connectivity index (χ2v) is 6.57. The molecule has 1 atom stereocenters. The molecular weight excluding hydrogens is 308 g/mol. The Morgan fingerprint density at radius 3 is 2.44 bits per heavy atom. The monoisotopic (exact) mass is 332 g/mol. The molecule has 0 saturated heterocycles. The van der Waals surface area contributed by atoms with Crippen molar-refractivity contribution in [1.29, 1.82) is 0 Å². The molecule has 128 valence electrons. The van der Waals surface area contributed by atoms with Crippen LogP contribution in [-0.4, -0.2) is 23.9 Å². The Kier molecular flexibility index (Phi) is 5.15. The van der Waals surface area contributed by atoms with Crippen LogP contribution >= 0.6 is 0 Å². The van der Waals surface area contributed by atoms with Gasteiger partial charge in [-0.3, -0.25) is 9.69 Å². The molecule has 0 bridgehead atoms. The first-order valence-electron chi connectivity index (χ1n) is 8.59. The first kappa shape index (κ1) is 17.2. The van der Waals surface area contributed by atoms with E-state index in [1.807, 2.05) is 56.4 Å². The molecule has 0 aliphatic heterocycles. The molecule has 0 spiro atoms. The Balaban J connectivity index is 1.67. The Hall–Kier alpha value is -2.65. The van der Waals surface area contributed by atoms with E-state index in [0.717, 1.165) is 17.6 Å². The molecule has 0 saturated carbocycles. The van der Waals surface area contributed by atoms with Crippen LogP contribution in [0.3, 0.4) is 0 Å². The third-order valence-corrected chi connectivity index (χ3v) is 4.74. The number of fused-ring (bicyclic) bond motifs is 1. The van der Waals surface area contributed by atoms with Crippen molar-refractivity contribution in [2.24, 2.45) is 0 Å². The van der Waals surface area contributed by atoms with E-state index in [0.29, 0.717) is 0 Å². The highest BCUT2D eigenvalue weighted by molar-refractivity contribution is 5.97. The topological polar surface area (TPSA) is 32.3 Å². The van der Waals surface area contributed by atoms with Gasteiger partial charge >= 0.3 is 0 Å². The summed E-state index contributed by atoms with van der Waals surface area (Å²) < 4.78 is 0. The molecule has 3 nitrogen and oxygen atoms in total. The molecule has 3 aromatic carbocycles. The lowest BCUT2D eigenvalue weighted by molar-refractivity contribution is -0.120. The summed E-state index contributed by atoms with van der Waals surface area (Å²) in [5, 5.41) is 5.33. The Labute approximate surface area is 149 Å². The maximum absolute atomic E-state index is 12.6. The number of nitrogens with one attached hydrogen (secondary N) is 1. The van der Waals surface area contributed by atoms with E-state index in [4.69, 9.17) is 0 Å². The van der Waals surface area contributed by atoms with Gasteiger partial charge in [0.05, 0.1) is 6.04 Å². The summed E-state index contributed by atoms with van der Waals surface area (Å²) in [7, 11) is 1.98. The van der Waals surface area contributed by atoms with Gasteiger partial charge in [-0.25, -0.2) is 0 Å². The number of amides is 1. The summed E-state index contributed by atoms with van der Waals surface area (Å²) in [4.78, 5) is 14.7. The summed E-state index contributed by atoms with van der Waals surface area (Å²) in [5.74, 6) is 0.00589. The summed E-state index contributed by atoms with van der Waals surface area (Å²) in [6, 6.07) is 22.2. The lowest BCUT2D eigenvalue weighted by Gasteiger charge is -2.24. The van der Waals surface area contributed by atoms with Gasteiger partial charge in [-0.1, -0.05) is 54.6 Å². The average Bonchev–Trinajstić information content (AvgIpc) is 2.62. The molecular formula is C22H24N2O. The van der Waals surface area contributed by atoms with Crippen LogP contribution in [0.1, 0.15) is 18.1 Å². The SMILES string of the molecule is Cc1ccccc1CN(C)C(C)C(=O)Nc1ccc2ccccc2c1. The van der Waals surface area contributed by atoms with Crippen molar-refractivity contribution >= 4 is 22.4 Å². The molecule has 0 heterocycles. The van der Waals surface area contributed by atoms with Gasteiger partial charge < -0.3 is 5.32 Å². The van der Waals surface area contributed by atoms with Gasteiger partial charge in [0, 0.05) is 12.2 Å². The molecule has 0 radical (unpaired) electrons. The van der Waals surface area contributed by atoms with Crippen LogP contribution in [0, 0.1) is 6.92 Å². The highest BCUT2D eigenvalue weighted by Crippen LogP contribution is 2.19. The van der Waals surface area contributed by atoms with Crippen molar-refractivity contribution in [1.82, 2.24) is 4.90 Å². The number of carbonyl (C=O) groups is 1. The van der Waals surface area contributed by atoms with Crippen molar-refractivity contribution in [2.75, 3.05) is 12.4 Å². The van der Waals surface area contributed by atoms with Crippen LogP contribution in [0.4, 0.5) is 5.69 Å². The standard InChI is InChI=1S/C22H24N2O/c1-16-8-4-5-11-20(16)15-24(3)17(2)22(25)23-21-13-12-18-9-6-7-10-19(18)14-21/h4-14,17H,15H2,1-3H3,(H,23,25). The number of nitrogens with zero attached hydrogens (tertiary/aromatic N) is 1. The first-order chi connectivity index (χ1) is 12.0. The maximum atomic E-state index is 12.6. The quantitative estimate of drug-likeness (QED) is 0.740. The van der Waals surface area contributed by atoms with Gasteiger partial charge in [0.2, 0.25) is 5.91 Å². The van der Waals surface area contributed by atoms with Crippen LogP contribution < -0.4 is 5.32 Å². The summed E-state index contributed by atoms with van der Waals surface area (Å²) in [6.45, 7) is 4.79. The van der Waals surface area contributed by atoms with Crippen LogP contribution in [0.5, 0.6) is 0 Å². The van der Waals surface area contributed by atoms with Gasteiger partial charge in [0.25, 0.3) is 0 Å². The third-order valence-electron chi connectivity index (χ3n) is 4.74. The number of aryl methyl sites for hydroxylation is 1. The van der Waals surface area contributed by atoms with E-state index < -0.39 is 0 Å². The predicted molar refractivity (Wildman–Crippen MR) is 105 cm³/mol. The molecule has 3 rings (SSSR count). The highest BCUT2D eigenvalue weighted by Gasteiger charge is 2.18. The minimum absolute atomic E-state index is 0.00589. The zero-order valence-corrected chi connectivity index (χ0v) is 15.0. The second-order valence-electron chi connectivity index (χ2n) is 6.57. The molecule has 0 aliphatic rings. The van der Waals surface area contributed by atoms with Gasteiger partial charge in [-0.05, 0) is 54.9 Å². The fraction of sp³-hybridized carbons (Fsp3) is 0.227. The Morgan fingerprint density at radius 1 is 1.00 bits per heavy atom. The molecule has 3 aromatic rings. The van der Waals surface area contributed by atoms with Crippen molar-refractivity contribution < 1.29 is 4.79 Å². The van der Waals surface area contributed by atoms with Crippen molar-refractivity contribution in [3.8, 4) is 0 Å². The van der Waals surface area contributed by atoms with Crippen molar-refractivity contribution in [3.63, 3.8) is 0 Å². The van der Waals surface area contributed by atoms with Gasteiger partial charge in [-0.2, -0.15) is 0 Å². The lowest BCUT2D eigenvalue weighted by atomic mass is 10.1. The number of carbonyl (C=O) groups excluding carboxylic acids is 1. The number of rotatable bonds is 5. The lowest BCUT2D eigenvalue weighted by Crippen LogP contribution is -2.39. The minimum atomic E-state index is -0.217. The fourth-order valence-electron chi connectivity index (χ4n) is 2.91. The van der Waals surface area contributed by atoms with E-state index in [-0.39, 0.29) is 11.9 Å². The number of likely N-dealkylation sites (N-methyl/N-ethyl adjacent to an activating group) is 1. The van der Waals surface area contributed by atoms with E-state index in [2.05, 4.69) is 41.4 Å². The predicted octanol–water partition coefficient (Wildman–Crippen LogP) is 4.61. The molecule has 3 heteroatoms. The third kappa shape index (κ3) is 4.06. The van der Waals surface area contributed by atoms with E-state index in [1.165, 1.54) is 16.5 Å². The van der Waals surface area contributed by atoms with Crippen LogP contribution in [0.25, 0.3) is 10.8 Å². The van der Waals surface area contributed by atoms with Gasteiger partial charge in [0.15, 0.2) is 0 Å². The normalized spacial score (nSPS) is 12.3. The Morgan fingerprint density at radius 2 is 1.68 bits per heavy atom. The molecule has 1 N–H and O–H groups in total. The van der Waals surface area contributed by atoms with E-state index in [1.54, 1.807) is 0 Å². The van der Waals surface area contributed by atoms with Gasteiger partial charge in [0.1, 0.15) is 0 Å². The highest BCUT2D eigenvalue weighted by atomic mass is 16.2. The van der Waals surface area contributed by atoms with Crippen molar-refractivity contribution in [3.05, 3.63) is 77.9 Å². The maximum Gasteiger partial charge on any atom is 0.241 e.